The minimum atomic E-state index is -0.287. The van der Waals surface area contributed by atoms with Gasteiger partial charge in [-0.25, -0.2) is 0 Å². The lowest BCUT2D eigenvalue weighted by Crippen LogP contribution is -2.26. The van der Waals surface area contributed by atoms with Crippen molar-refractivity contribution in [1.29, 1.82) is 0 Å². The minimum absolute atomic E-state index is 0.0420. The maximum absolute atomic E-state index is 4.78. The van der Waals surface area contributed by atoms with Crippen LogP contribution in [-0.2, 0) is 5.41 Å². The smallest absolute Gasteiger partial charge is 0.0859 e. The van der Waals surface area contributed by atoms with Gasteiger partial charge < -0.3 is 0 Å². The first-order chi connectivity index (χ1) is 12.9. The molecule has 0 saturated heterocycles. The maximum Gasteiger partial charge on any atom is 0.0859 e. The van der Waals surface area contributed by atoms with E-state index in [4.69, 9.17) is 4.98 Å². The van der Waals surface area contributed by atoms with Crippen LogP contribution in [-0.4, -0.2) is 4.98 Å². The molecule has 6 rings (SSSR count). The van der Waals surface area contributed by atoms with Crippen molar-refractivity contribution >= 4 is 0 Å². The monoisotopic (exact) mass is 329 g/mol. The summed E-state index contributed by atoms with van der Waals surface area (Å²) in [6, 6.07) is 21.9. The topological polar surface area (TPSA) is 12.9 Å². The van der Waals surface area contributed by atoms with Gasteiger partial charge in [-0.2, -0.15) is 0 Å². The molecule has 26 heavy (non-hydrogen) atoms. The summed E-state index contributed by atoms with van der Waals surface area (Å²) in [7, 11) is 0. The van der Waals surface area contributed by atoms with Gasteiger partial charge in [-0.05, 0) is 45.5 Å². The summed E-state index contributed by atoms with van der Waals surface area (Å²) < 4.78 is 0. The molecule has 1 heterocycles. The van der Waals surface area contributed by atoms with Crippen molar-refractivity contribution in [1.82, 2.24) is 4.98 Å². The van der Waals surface area contributed by atoms with Crippen molar-refractivity contribution < 1.29 is 0 Å². The Morgan fingerprint density at radius 3 is 2.27 bits per heavy atom. The SMILES string of the molecule is C1#CC2C(=CC=C1)C1(c3ccccc3-c3ccccc31)c1cccnc12. The summed E-state index contributed by atoms with van der Waals surface area (Å²) in [6.45, 7) is 0. The highest BCUT2D eigenvalue weighted by Crippen LogP contribution is 2.63. The van der Waals surface area contributed by atoms with Crippen molar-refractivity contribution in [2.45, 2.75) is 11.3 Å². The molecule has 1 atom stereocenters. The number of nitrogens with zero attached hydrogens (tertiary/aromatic N) is 1. The average molecular weight is 329 g/mol. The molecular formula is C25H15N. The standard InChI is InChI=1S/C25H15N/c1-2-11-19-22(12-3-1)25(23-15-8-16-26-24(19)23)20-13-6-4-9-17(20)18-10-5-7-14-21(18)25/h1,3-10,12-16,19H. The number of hydrogen-bond donors (Lipinski definition) is 0. The Labute approximate surface area is 152 Å². The number of benzene rings is 2. The number of allylic oxidation sites excluding steroid dienone is 4. The highest BCUT2D eigenvalue weighted by molar-refractivity contribution is 5.88. The zero-order valence-electron chi connectivity index (χ0n) is 14.1. The summed E-state index contributed by atoms with van der Waals surface area (Å²) in [6.07, 6.45) is 8.16. The van der Waals surface area contributed by atoms with E-state index in [0.717, 1.165) is 5.69 Å². The van der Waals surface area contributed by atoms with Crippen molar-refractivity contribution in [2.24, 2.45) is 0 Å². The average Bonchev–Trinajstić information content (AvgIpc) is 3.00. The Hall–Kier alpha value is -3.37. The van der Waals surface area contributed by atoms with Gasteiger partial charge in [0, 0.05) is 6.20 Å². The van der Waals surface area contributed by atoms with Crippen LogP contribution in [0, 0.1) is 11.8 Å². The lowest BCUT2D eigenvalue weighted by molar-refractivity contribution is 0.761. The van der Waals surface area contributed by atoms with Crippen LogP contribution in [0.1, 0.15) is 28.3 Å². The maximum atomic E-state index is 4.78. The molecule has 1 heteroatoms. The number of pyridine rings is 1. The Kier molecular flexibility index (Phi) is 2.58. The van der Waals surface area contributed by atoms with Crippen molar-refractivity contribution in [2.75, 3.05) is 0 Å². The van der Waals surface area contributed by atoms with Crippen LogP contribution >= 0.6 is 0 Å². The fourth-order valence-electron chi connectivity index (χ4n) is 5.02. The number of rotatable bonds is 0. The Morgan fingerprint density at radius 1 is 0.808 bits per heavy atom. The van der Waals surface area contributed by atoms with Gasteiger partial charge in [-0.3, -0.25) is 4.98 Å². The molecule has 1 spiro atoms. The molecule has 3 aliphatic carbocycles. The minimum Gasteiger partial charge on any atom is -0.259 e. The molecule has 1 unspecified atom stereocenters. The first kappa shape index (κ1) is 13.9. The van der Waals surface area contributed by atoms with Crippen LogP contribution < -0.4 is 0 Å². The van der Waals surface area contributed by atoms with E-state index in [9.17, 15) is 0 Å². The molecule has 0 bridgehead atoms. The lowest BCUT2D eigenvalue weighted by atomic mass is 9.70. The fraction of sp³-hybridized carbons (Fsp3) is 0.0800. The Morgan fingerprint density at radius 2 is 1.50 bits per heavy atom. The van der Waals surface area contributed by atoms with Crippen molar-refractivity contribution in [3.05, 3.63) is 113 Å². The molecule has 0 fully saturated rings. The molecule has 2 aromatic carbocycles. The molecule has 0 saturated carbocycles. The summed E-state index contributed by atoms with van der Waals surface area (Å²) in [5.74, 6) is 6.68. The largest absolute Gasteiger partial charge is 0.259 e. The molecule has 0 amide bonds. The molecule has 1 aromatic heterocycles. The molecule has 0 radical (unpaired) electrons. The summed E-state index contributed by atoms with van der Waals surface area (Å²) in [5, 5.41) is 0. The zero-order valence-corrected chi connectivity index (χ0v) is 14.1. The second-order valence-corrected chi connectivity index (χ2v) is 6.98. The van der Waals surface area contributed by atoms with Gasteiger partial charge in [0.2, 0.25) is 0 Å². The molecule has 1 nitrogen and oxygen atoms in total. The van der Waals surface area contributed by atoms with E-state index in [1.807, 2.05) is 12.3 Å². The van der Waals surface area contributed by atoms with E-state index in [2.05, 4.69) is 84.7 Å². The highest BCUT2D eigenvalue weighted by atomic mass is 14.7. The molecule has 120 valence electrons. The van der Waals surface area contributed by atoms with Crippen LogP contribution in [0.2, 0.25) is 0 Å². The third-order valence-electron chi connectivity index (χ3n) is 5.90. The van der Waals surface area contributed by atoms with Gasteiger partial charge >= 0.3 is 0 Å². The van der Waals surface area contributed by atoms with Gasteiger partial charge in [-0.1, -0.05) is 78.6 Å². The highest BCUT2D eigenvalue weighted by Gasteiger charge is 2.55. The second kappa shape index (κ2) is 4.84. The Balaban J connectivity index is 1.84. The number of fused-ring (bicyclic) bond motifs is 10. The predicted octanol–water partition coefficient (Wildman–Crippen LogP) is 4.99. The Bertz CT molecular complexity index is 1150. The van der Waals surface area contributed by atoms with Crippen LogP contribution in [0.25, 0.3) is 11.1 Å². The van der Waals surface area contributed by atoms with Crippen LogP contribution in [0.4, 0.5) is 0 Å². The predicted molar refractivity (Wildman–Crippen MR) is 104 cm³/mol. The number of hydrogen-bond acceptors (Lipinski definition) is 1. The molecular weight excluding hydrogens is 314 g/mol. The van der Waals surface area contributed by atoms with Gasteiger partial charge in [-0.15, -0.1) is 0 Å². The van der Waals surface area contributed by atoms with Crippen LogP contribution in [0.15, 0.2) is 90.7 Å². The summed E-state index contributed by atoms with van der Waals surface area (Å²) >= 11 is 0. The van der Waals surface area contributed by atoms with Crippen LogP contribution in [0.5, 0.6) is 0 Å². The van der Waals surface area contributed by atoms with Gasteiger partial charge in [0.05, 0.1) is 17.0 Å². The van der Waals surface area contributed by atoms with Gasteiger partial charge in [0.1, 0.15) is 0 Å². The van der Waals surface area contributed by atoms with E-state index < -0.39 is 0 Å². The molecule has 0 aliphatic heterocycles. The van der Waals surface area contributed by atoms with Gasteiger partial charge in [0.25, 0.3) is 0 Å². The quantitative estimate of drug-likeness (QED) is 0.529. The number of aromatic nitrogens is 1. The van der Waals surface area contributed by atoms with Crippen LogP contribution in [0.3, 0.4) is 0 Å². The normalized spacial score (nSPS) is 19.5. The van der Waals surface area contributed by atoms with E-state index in [1.54, 1.807) is 0 Å². The van der Waals surface area contributed by atoms with E-state index >= 15 is 0 Å². The zero-order chi connectivity index (χ0) is 17.1. The third kappa shape index (κ3) is 1.47. The van der Waals surface area contributed by atoms with E-state index in [1.165, 1.54) is 33.4 Å². The first-order valence-electron chi connectivity index (χ1n) is 8.95. The fourth-order valence-corrected chi connectivity index (χ4v) is 5.02. The second-order valence-electron chi connectivity index (χ2n) is 6.98. The van der Waals surface area contributed by atoms with Crippen molar-refractivity contribution in [3.63, 3.8) is 0 Å². The summed E-state index contributed by atoms with van der Waals surface area (Å²) in [4.78, 5) is 4.78. The molecule has 0 N–H and O–H groups in total. The lowest BCUT2D eigenvalue weighted by Gasteiger charge is -2.30. The molecule has 3 aliphatic rings. The van der Waals surface area contributed by atoms with E-state index in [0.29, 0.717) is 0 Å². The summed E-state index contributed by atoms with van der Waals surface area (Å²) in [5.41, 5.74) is 8.75. The molecule has 3 aromatic rings. The third-order valence-corrected chi connectivity index (χ3v) is 5.90. The van der Waals surface area contributed by atoms with Gasteiger partial charge in [0.15, 0.2) is 0 Å². The van der Waals surface area contributed by atoms with Crippen molar-refractivity contribution in [3.8, 4) is 23.0 Å². The van der Waals surface area contributed by atoms with E-state index in [-0.39, 0.29) is 11.3 Å². The first-order valence-corrected chi connectivity index (χ1v) is 8.95.